The van der Waals surface area contributed by atoms with Crippen molar-refractivity contribution in [2.24, 2.45) is 0 Å². The van der Waals surface area contributed by atoms with E-state index in [1.165, 1.54) is 24.5 Å². The van der Waals surface area contributed by atoms with Crippen LogP contribution >= 0.6 is 0 Å². The van der Waals surface area contributed by atoms with E-state index < -0.39 is 5.92 Å². The largest absolute Gasteiger partial charge is 0.260 e. The molecular formula is C16H13FN2. The van der Waals surface area contributed by atoms with Crippen molar-refractivity contribution in [2.45, 2.75) is 24.7 Å². The van der Waals surface area contributed by atoms with Gasteiger partial charge in [-0.1, -0.05) is 18.2 Å². The molecule has 3 rings (SSSR count). The Hall–Kier alpha value is -2.21. The summed E-state index contributed by atoms with van der Waals surface area (Å²) in [4.78, 5) is 4.25. The number of benzene rings is 1. The molecule has 1 fully saturated rings. The predicted octanol–water partition coefficient (Wildman–Crippen LogP) is 3.75. The summed E-state index contributed by atoms with van der Waals surface area (Å²) in [5.74, 6) is -0.394. The second-order valence-electron chi connectivity index (χ2n) is 4.87. The second kappa shape index (κ2) is 4.81. The van der Waals surface area contributed by atoms with Crippen molar-refractivity contribution >= 4 is 0 Å². The van der Waals surface area contributed by atoms with Crippen molar-refractivity contribution in [3.8, 4) is 6.07 Å². The lowest BCUT2D eigenvalue weighted by atomic mass is 9.95. The van der Waals surface area contributed by atoms with E-state index in [4.69, 9.17) is 0 Å². The lowest BCUT2D eigenvalue weighted by Crippen LogP contribution is -2.04. The number of halogens is 1. The quantitative estimate of drug-likeness (QED) is 0.834. The first-order valence-electron chi connectivity index (χ1n) is 6.39. The highest BCUT2D eigenvalue weighted by atomic mass is 19.1. The van der Waals surface area contributed by atoms with Crippen LogP contribution in [0.2, 0.25) is 0 Å². The van der Waals surface area contributed by atoms with Crippen molar-refractivity contribution in [3.63, 3.8) is 0 Å². The highest BCUT2D eigenvalue weighted by Gasteiger charge is 2.25. The molecule has 1 aromatic heterocycles. The Morgan fingerprint density at radius 1 is 1.26 bits per heavy atom. The van der Waals surface area contributed by atoms with Gasteiger partial charge in [-0.25, -0.2) is 4.39 Å². The highest BCUT2D eigenvalue weighted by Crippen LogP contribution is 2.40. The van der Waals surface area contributed by atoms with E-state index in [-0.39, 0.29) is 5.82 Å². The third-order valence-corrected chi connectivity index (χ3v) is 3.49. The van der Waals surface area contributed by atoms with Crippen LogP contribution in [0.4, 0.5) is 4.39 Å². The fraction of sp³-hybridized carbons (Fsp3) is 0.250. The van der Waals surface area contributed by atoms with Gasteiger partial charge in [0.2, 0.25) is 0 Å². The highest BCUT2D eigenvalue weighted by molar-refractivity contribution is 5.37. The standard InChI is InChI=1S/C16H13FN2/c17-15-4-2-1-3-13(15)14(10-18)16-9-12(7-8-19-16)11-5-6-11/h1-4,7-9,11,14H,5-6H2. The summed E-state index contributed by atoms with van der Waals surface area (Å²) < 4.78 is 13.8. The van der Waals surface area contributed by atoms with Crippen LogP contribution < -0.4 is 0 Å². The SMILES string of the molecule is N#CC(c1cc(C2CC2)ccn1)c1ccccc1F. The zero-order chi connectivity index (χ0) is 13.2. The number of aromatic nitrogens is 1. The minimum Gasteiger partial charge on any atom is -0.260 e. The van der Waals surface area contributed by atoms with Crippen LogP contribution in [0.25, 0.3) is 0 Å². The summed E-state index contributed by atoms with van der Waals surface area (Å²) in [7, 11) is 0. The average Bonchev–Trinajstić information content (AvgIpc) is 3.27. The summed E-state index contributed by atoms with van der Waals surface area (Å²) in [5, 5.41) is 9.35. The minimum atomic E-state index is -0.639. The third-order valence-electron chi connectivity index (χ3n) is 3.49. The van der Waals surface area contributed by atoms with Gasteiger partial charge >= 0.3 is 0 Å². The minimum absolute atomic E-state index is 0.354. The van der Waals surface area contributed by atoms with Crippen LogP contribution in [-0.4, -0.2) is 4.98 Å². The first kappa shape index (κ1) is 11.9. The molecule has 19 heavy (non-hydrogen) atoms. The Labute approximate surface area is 111 Å². The third kappa shape index (κ3) is 2.34. The van der Waals surface area contributed by atoms with Crippen molar-refractivity contribution in [2.75, 3.05) is 0 Å². The molecule has 0 N–H and O–H groups in total. The molecule has 1 aliphatic rings. The summed E-state index contributed by atoms with van der Waals surface area (Å²) in [6.45, 7) is 0. The molecule has 1 atom stereocenters. The van der Waals surface area contributed by atoms with Crippen LogP contribution in [0.3, 0.4) is 0 Å². The molecule has 1 saturated carbocycles. The Balaban J connectivity index is 2.01. The maximum Gasteiger partial charge on any atom is 0.128 e. The number of nitrogens with zero attached hydrogens (tertiary/aromatic N) is 2. The van der Waals surface area contributed by atoms with Crippen LogP contribution in [0, 0.1) is 17.1 Å². The molecule has 94 valence electrons. The van der Waals surface area contributed by atoms with Gasteiger partial charge in [0.05, 0.1) is 11.8 Å². The second-order valence-corrected chi connectivity index (χ2v) is 4.87. The summed E-state index contributed by atoms with van der Waals surface area (Å²) >= 11 is 0. The van der Waals surface area contributed by atoms with E-state index in [0.717, 1.165) is 0 Å². The van der Waals surface area contributed by atoms with Gasteiger partial charge in [0, 0.05) is 11.8 Å². The molecule has 0 spiro atoms. The number of hydrogen-bond acceptors (Lipinski definition) is 2. The van der Waals surface area contributed by atoms with Gasteiger partial charge in [-0.3, -0.25) is 4.98 Å². The van der Waals surface area contributed by atoms with E-state index in [9.17, 15) is 9.65 Å². The van der Waals surface area contributed by atoms with Crippen molar-refractivity contribution in [1.82, 2.24) is 4.98 Å². The van der Waals surface area contributed by atoms with Crippen molar-refractivity contribution < 1.29 is 4.39 Å². The smallest absolute Gasteiger partial charge is 0.128 e. The molecule has 0 bridgehead atoms. The van der Waals surface area contributed by atoms with Crippen LogP contribution in [0.1, 0.15) is 41.5 Å². The molecule has 3 heteroatoms. The predicted molar refractivity (Wildman–Crippen MR) is 70.1 cm³/mol. The molecule has 0 aliphatic heterocycles. The monoisotopic (exact) mass is 252 g/mol. The number of rotatable bonds is 3. The van der Waals surface area contributed by atoms with Gasteiger partial charge in [0.15, 0.2) is 0 Å². The molecule has 0 saturated heterocycles. The summed E-state index contributed by atoms with van der Waals surface area (Å²) in [6, 6.07) is 12.5. The molecule has 1 aliphatic carbocycles. The number of nitriles is 1. The van der Waals surface area contributed by atoms with Gasteiger partial charge in [0.25, 0.3) is 0 Å². The van der Waals surface area contributed by atoms with E-state index in [1.807, 2.05) is 12.1 Å². The van der Waals surface area contributed by atoms with E-state index in [0.29, 0.717) is 17.2 Å². The Kier molecular flexibility index (Phi) is 3.00. The fourth-order valence-electron chi connectivity index (χ4n) is 2.30. The zero-order valence-corrected chi connectivity index (χ0v) is 10.4. The Bertz CT molecular complexity index is 641. The maximum atomic E-state index is 13.8. The lowest BCUT2D eigenvalue weighted by molar-refractivity contribution is 0.608. The molecule has 1 heterocycles. The molecule has 0 radical (unpaired) electrons. The van der Waals surface area contributed by atoms with Crippen molar-refractivity contribution in [3.05, 3.63) is 65.2 Å². The van der Waals surface area contributed by atoms with Crippen LogP contribution in [0.15, 0.2) is 42.6 Å². The normalized spacial score (nSPS) is 15.8. The first-order valence-corrected chi connectivity index (χ1v) is 6.39. The first-order chi connectivity index (χ1) is 9.29. The van der Waals surface area contributed by atoms with E-state index >= 15 is 0 Å². The Morgan fingerprint density at radius 2 is 2.05 bits per heavy atom. The van der Waals surface area contributed by atoms with Gasteiger partial charge in [-0.05, 0) is 42.5 Å². The number of hydrogen-bond donors (Lipinski definition) is 0. The Morgan fingerprint density at radius 3 is 2.74 bits per heavy atom. The van der Waals surface area contributed by atoms with Crippen LogP contribution in [0.5, 0.6) is 0 Å². The molecule has 2 nitrogen and oxygen atoms in total. The van der Waals surface area contributed by atoms with E-state index in [2.05, 4.69) is 11.1 Å². The fourth-order valence-corrected chi connectivity index (χ4v) is 2.30. The average molecular weight is 252 g/mol. The zero-order valence-electron chi connectivity index (χ0n) is 10.4. The molecule has 1 unspecified atom stereocenters. The summed E-state index contributed by atoms with van der Waals surface area (Å²) in [6.07, 6.45) is 4.11. The number of pyridine rings is 1. The summed E-state index contributed by atoms with van der Waals surface area (Å²) in [5.41, 5.74) is 2.24. The van der Waals surface area contributed by atoms with Gasteiger partial charge < -0.3 is 0 Å². The molecule has 1 aromatic carbocycles. The van der Waals surface area contributed by atoms with Crippen molar-refractivity contribution in [1.29, 1.82) is 5.26 Å². The maximum absolute atomic E-state index is 13.8. The van der Waals surface area contributed by atoms with Crippen LogP contribution in [-0.2, 0) is 0 Å². The van der Waals surface area contributed by atoms with Gasteiger partial charge in [0.1, 0.15) is 11.7 Å². The topological polar surface area (TPSA) is 36.7 Å². The molecular weight excluding hydrogens is 239 g/mol. The van der Waals surface area contributed by atoms with Gasteiger partial charge in [-0.15, -0.1) is 0 Å². The van der Waals surface area contributed by atoms with Gasteiger partial charge in [-0.2, -0.15) is 5.26 Å². The molecule has 2 aromatic rings. The lowest BCUT2D eigenvalue weighted by Gasteiger charge is -2.11. The van der Waals surface area contributed by atoms with E-state index in [1.54, 1.807) is 24.4 Å². The molecule has 0 amide bonds.